The predicted octanol–water partition coefficient (Wildman–Crippen LogP) is 3.97. The first-order chi connectivity index (χ1) is 10.6. The standard InChI is InChI=1S/C19H18FNO/c1-2-18(22)21-19(20)13-15(12-14-8-4-3-5-9-14)16-10-6-7-11-17(16)19/h3-11,13H,2,12H2,1H3,(H,21,22). The van der Waals surface area contributed by atoms with E-state index in [2.05, 4.69) is 5.32 Å². The maximum Gasteiger partial charge on any atom is 0.228 e. The van der Waals surface area contributed by atoms with Crippen molar-refractivity contribution in [2.24, 2.45) is 0 Å². The summed E-state index contributed by atoms with van der Waals surface area (Å²) in [6, 6.07) is 17.3. The molecule has 22 heavy (non-hydrogen) atoms. The second-order valence-corrected chi connectivity index (χ2v) is 5.49. The van der Waals surface area contributed by atoms with Gasteiger partial charge in [0.05, 0.1) is 0 Å². The molecule has 3 heteroatoms. The summed E-state index contributed by atoms with van der Waals surface area (Å²) in [5.41, 5.74) is 3.41. The van der Waals surface area contributed by atoms with Crippen molar-refractivity contribution in [2.75, 3.05) is 0 Å². The monoisotopic (exact) mass is 295 g/mol. The highest BCUT2D eigenvalue weighted by Crippen LogP contribution is 2.41. The van der Waals surface area contributed by atoms with Crippen LogP contribution in [-0.4, -0.2) is 5.91 Å². The summed E-state index contributed by atoms with van der Waals surface area (Å²) in [6.45, 7) is 1.72. The fraction of sp³-hybridized carbons (Fsp3) is 0.211. The number of benzene rings is 2. The molecule has 2 aromatic rings. The zero-order valence-corrected chi connectivity index (χ0v) is 12.5. The highest BCUT2D eigenvalue weighted by molar-refractivity contribution is 5.82. The zero-order chi connectivity index (χ0) is 15.6. The molecule has 0 heterocycles. The van der Waals surface area contributed by atoms with Crippen LogP contribution in [-0.2, 0) is 17.0 Å². The molecule has 1 unspecified atom stereocenters. The molecule has 112 valence electrons. The van der Waals surface area contributed by atoms with Crippen molar-refractivity contribution in [3.63, 3.8) is 0 Å². The minimum atomic E-state index is -1.91. The number of amides is 1. The van der Waals surface area contributed by atoms with E-state index in [-0.39, 0.29) is 12.3 Å². The molecule has 1 N–H and O–H groups in total. The molecule has 0 saturated carbocycles. The molecule has 2 aromatic carbocycles. The third-order valence-electron chi connectivity index (χ3n) is 3.92. The van der Waals surface area contributed by atoms with Gasteiger partial charge < -0.3 is 5.32 Å². The number of nitrogens with one attached hydrogen (secondary N) is 1. The Balaban J connectivity index is 1.98. The molecule has 0 bridgehead atoms. The predicted molar refractivity (Wildman–Crippen MR) is 85.8 cm³/mol. The Bertz CT molecular complexity index is 723. The molecule has 0 radical (unpaired) electrons. The van der Waals surface area contributed by atoms with Gasteiger partial charge in [0.1, 0.15) is 0 Å². The lowest BCUT2D eigenvalue weighted by Gasteiger charge is -2.20. The van der Waals surface area contributed by atoms with E-state index >= 15 is 4.39 Å². The minimum Gasteiger partial charge on any atom is -0.317 e. The van der Waals surface area contributed by atoms with Crippen LogP contribution in [0.15, 0.2) is 60.7 Å². The topological polar surface area (TPSA) is 29.1 Å². The van der Waals surface area contributed by atoms with Crippen LogP contribution >= 0.6 is 0 Å². The lowest BCUT2D eigenvalue weighted by atomic mass is 9.99. The van der Waals surface area contributed by atoms with Crippen molar-refractivity contribution < 1.29 is 9.18 Å². The van der Waals surface area contributed by atoms with Gasteiger partial charge >= 0.3 is 0 Å². The molecule has 3 rings (SSSR count). The number of carbonyl (C=O) groups is 1. The Kier molecular flexibility index (Phi) is 3.80. The maximum absolute atomic E-state index is 15.3. The number of halogens is 1. The third kappa shape index (κ3) is 2.67. The van der Waals surface area contributed by atoms with Gasteiger partial charge in [-0.2, -0.15) is 0 Å². The van der Waals surface area contributed by atoms with Gasteiger partial charge in [0.25, 0.3) is 0 Å². The average Bonchev–Trinajstić information content (AvgIpc) is 2.81. The van der Waals surface area contributed by atoms with Gasteiger partial charge in [0.2, 0.25) is 11.7 Å². The molecule has 0 aromatic heterocycles. The van der Waals surface area contributed by atoms with Crippen molar-refractivity contribution >= 4 is 11.5 Å². The van der Waals surface area contributed by atoms with Gasteiger partial charge in [-0.15, -0.1) is 0 Å². The second kappa shape index (κ2) is 5.76. The van der Waals surface area contributed by atoms with Gasteiger partial charge in [0.15, 0.2) is 0 Å². The van der Waals surface area contributed by atoms with Gasteiger partial charge in [-0.05, 0) is 29.2 Å². The third-order valence-corrected chi connectivity index (χ3v) is 3.92. The molecular weight excluding hydrogens is 277 g/mol. The molecule has 1 amide bonds. The van der Waals surface area contributed by atoms with Gasteiger partial charge in [-0.1, -0.05) is 61.5 Å². The first-order valence-corrected chi connectivity index (χ1v) is 7.48. The summed E-state index contributed by atoms with van der Waals surface area (Å²) in [5.74, 6) is -2.21. The van der Waals surface area contributed by atoms with E-state index in [1.807, 2.05) is 42.5 Å². The summed E-state index contributed by atoms with van der Waals surface area (Å²) in [5, 5.41) is 2.49. The van der Waals surface area contributed by atoms with Crippen molar-refractivity contribution in [3.8, 4) is 0 Å². The van der Waals surface area contributed by atoms with Crippen LogP contribution in [0.5, 0.6) is 0 Å². The quantitative estimate of drug-likeness (QED) is 0.849. The highest BCUT2D eigenvalue weighted by atomic mass is 19.1. The number of alkyl halides is 1. The van der Waals surface area contributed by atoms with Crippen LogP contribution in [0, 0.1) is 0 Å². The fourth-order valence-electron chi connectivity index (χ4n) is 2.83. The molecule has 0 saturated heterocycles. The van der Waals surface area contributed by atoms with Crippen molar-refractivity contribution in [1.29, 1.82) is 0 Å². The SMILES string of the molecule is CCC(=O)NC1(F)C=C(Cc2ccccc2)c2ccccc21. The van der Waals surface area contributed by atoms with Gasteiger partial charge in [-0.3, -0.25) is 4.79 Å². The lowest BCUT2D eigenvalue weighted by molar-refractivity contribution is -0.124. The molecule has 0 fully saturated rings. The number of hydrogen-bond donors (Lipinski definition) is 1. The summed E-state index contributed by atoms with van der Waals surface area (Å²) in [6.07, 6.45) is 2.44. The van der Waals surface area contributed by atoms with E-state index in [4.69, 9.17) is 0 Å². The Morgan fingerprint density at radius 1 is 1.09 bits per heavy atom. The van der Waals surface area contributed by atoms with E-state index in [0.29, 0.717) is 12.0 Å². The van der Waals surface area contributed by atoms with E-state index < -0.39 is 5.79 Å². The Morgan fingerprint density at radius 3 is 2.50 bits per heavy atom. The number of hydrogen-bond acceptors (Lipinski definition) is 1. The summed E-state index contributed by atoms with van der Waals surface area (Å²) in [7, 11) is 0. The van der Waals surface area contributed by atoms with E-state index in [1.54, 1.807) is 19.1 Å². The smallest absolute Gasteiger partial charge is 0.228 e. The van der Waals surface area contributed by atoms with E-state index in [0.717, 1.165) is 16.7 Å². The number of rotatable bonds is 4. The number of allylic oxidation sites excluding steroid dienone is 1. The van der Waals surface area contributed by atoms with Crippen LogP contribution in [0.4, 0.5) is 4.39 Å². The lowest BCUT2D eigenvalue weighted by Crippen LogP contribution is -2.39. The van der Waals surface area contributed by atoms with Crippen LogP contribution in [0.25, 0.3) is 5.57 Å². The maximum atomic E-state index is 15.3. The summed E-state index contributed by atoms with van der Waals surface area (Å²) in [4.78, 5) is 11.7. The molecule has 2 nitrogen and oxygen atoms in total. The number of fused-ring (bicyclic) bond motifs is 1. The van der Waals surface area contributed by atoms with Gasteiger partial charge in [-0.25, -0.2) is 4.39 Å². The molecule has 1 aliphatic carbocycles. The fourth-order valence-corrected chi connectivity index (χ4v) is 2.83. The van der Waals surface area contributed by atoms with Crippen molar-refractivity contribution in [3.05, 3.63) is 77.4 Å². The zero-order valence-electron chi connectivity index (χ0n) is 12.5. The van der Waals surface area contributed by atoms with Crippen molar-refractivity contribution in [1.82, 2.24) is 5.32 Å². The molecule has 0 aliphatic heterocycles. The molecule has 1 atom stereocenters. The Hall–Kier alpha value is -2.42. The van der Waals surface area contributed by atoms with E-state index in [1.165, 1.54) is 6.08 Å². The van der Waals surface area contributed by atoms with Crippen LogP contribution in [0.3, 0.4) is 0 Å². The first kappa shape index (κ1) is 14.5. The Labute approximate surface area is 129 Å². The highest BCUT2D eigenvalue weighted by Gasteiger charge is 2.39. The molecule has 0 spiro atoms. The normalized spacial score (nSPS) is 19.5. The second-order valence-electron chi connectivity index (χ2n) is 5.49. The van der Waals surface area contributed by atoms with Crippen LogP contribution in [0.1, 0.15) is 30.0 Å². The summed E-state index contributed by atoms with van der Waals surface area (Å²) < 4.78 is 15.3. The Morgan fingerprint density at radius 2 is 1.77 bits per heavy atom. The first-order valence-electron chi connectivity index (χ1n) is 7.48. The largest absolute Gasteiger partial charge is 0.317 e. The number of carbonyl (C=O) groups excluding carboxylic acids is 1. The van der Waals surface area contributed by atoms with Gasteiger partial charge in [0, 0.05) is 12.0 Å². The van der Waals surface area contributed by atoms with Crippen molar-refractivity contribution in [2.45, 2.75) is 25.6 Å². The molecule has 1 aliphatic rings. The minimum absolute atomic E-state index is 0.260. The van der Waals surface area contributed by atoms with Crippen LogP contribution < -0.4 is 5.32 Å². The van der Waals surface area contributed by atoms with Crippen LogP contribution in [0.2, 0.25) is 0 Å². The average molecular weight is 295 g/mol. The molecular formula is C19H18FNO. The summed E-state index contributed by atoms with van der Waals surface area (Å²) >= 11 is 0. The van der Waals surface area contributed by atoms with E-state index in [9.17, 15) is 4.79 Å².